The Hall–Kier alpha value is -0.340. The van der Waals surface area contributed by atoms with E-state index in [-0.39, 0.29) is 0 Å². The van der Waals surface area contributed by atoms with Gasteiger partial charge in [0, 0.05) is 4.83 Å². The van der Waals surface area contributed by atoms with Crippen LogP contribution in [-0.4, -0.2) is 10.9 Å². The van der Waals surface area contributed by atoms with E-state index in [4.69, 9.17) is 4.74 Å². The molecule has 4 aliphatic carbocycles. The molecule has 0 amide bonds. The zero-order valence-corrected chi connectivity index (χ0v) is 11.8. The molecule has 1 aliphatic heterocycles. The molecule has 4 bridgehead atoms. The third-order valence-corrected chi connectivity index (χ3v) is 7.19. The van der Waals surface area contributed by atoms with E-state index in [9.17, 15) is 0 Å². The molecule has 2 heteroatoms. The molecule has 6 rings (SSSR count). The maximum atomic E-state index is 6.48. The monoisotopic (exact) mass is 304 g/mol. The number of hydrogen-bond acceptors (Lipinski definition) is 1. The largest absolute Gasteiger partial charge is 0.368 e. The molecule has 1 heterocycles. The van der Waals surface area contributed by atoms with Crippen LogP contribution < -0.4 is 0 Å². The molecule has 1 aromatic rings. The second-order valence-corrected chi connectivity index (χ2v) is 7.57. The molecule has 5 aliphatic rings. The molecule has 7 atom stereocenters. The molecule has 7 unspecified atom stereocenters. The second-order valence-electron chi connectivity index (χ2n) is 6.51. The van der Waals surface area contributed by atoms with Crippen LogP contribution in [0.3, 0.4) is 0 Å². The van der Waals surface area contributed by atoms with Crippen LogP contribution in [0.2, 0.25) is 0 Å². The van der Waals surface area contributed by atoms with Gasteiger partial charge in [0.2, 0.25) is 0 Å². The predicted molar refractivity (Wildman–Crippen MR) is 73.7 cm³/mol. The SMILES string of the molecule is BrC1C2CCC3C1OC1c4ccccc4CC2C13. The molecule has 0 radical (unpaired) electrons. The first kappa shape index (κ1) is 10.4. The number of rotatable bonds is 0. The molecule has 3 saturated carbocycles. The highest BCUT2D eigenvalue weighted by atomic mass is 79.9. The highest BCUT2D eigenvalue weighted by Crippen LogP contribution is 2.64. The average molecular weight is 305 g/mol. The second kappa shape index (κ2) is 3.40. The third kappa shape index (κ3) is 1.09. The lowest BCUT2D eigenvalue weighted by molar-refractivity contribution is 0.0106. The molecular weight excluding hydrogens is 288 g/mol. The van der Waals surface area contributed by atoms with Crippen LogP contribution in [0.1, 0.15) is 30.1 Å². The topological polar surface area (TPSA) is 9.23 Å². The van der Waals surface area contributed by atoms with E-state index in [1.807, 2.05) is 0 Å². The maximum Gasteiger partial charge on any atom is 0.0866 e. The Kier molecular flexibility index (Phi) is 1.97. The zero-order valence-electron chi connectivity index (χ0n) is 10.3. The van der Waals surface area contributed by atoms with Crippen molar-refractivity contribution in [2.75, 3.05) is 0 Å². The van der Waals surface area contributed by atoms with Crippen LogP contribution in [0.5, 0.6) is 0 Å². The van der Waals surface area contributed by atoms with Crippen LogP contribution >= 0.6 is 15.9 Å². The number of ether oxygens (including phenoxy) is 1. The summed E-state index contributed by atoms with van der Waals surface area (Å²) in [6.45, 7) is 0. The third-order valence-electron chi connectivity index (χ3n) is 5.99. The van der Waals surface area contributed by atoms with E-state index in [1.165, 1.54) is 24.8 Å². The normalized spacial score (nSPS) is 51.3. The number of fused-ring (bicyclic) bond motifs is 3. The fraction of sp³-hybridized carbons (Fsp3) is 0.625. The van der Waals surface area contributed by atoms with Crippen LogP contribution in [0.25, 0.3) is 0 Å². The minimum Gasteiger partial charge on any atom is -0.368 e. The van der Waals surface area contributed by atoms with Gasteiger partial charge < -0.3 is 4.74 Å². The minimum atomic E-state index is 0.403. The fourth-order valence-corrected chi connectivity index (χ4v) is 6.53. The molecule has 0 spiro atoms. The molecule has 1 nitrogen and oxygen atoms in total. The van der Waals surface area contributed by atoms with E-state index >= 15 is 0 Å². The molecular formula is C16H17BrO. The number of benzene rings is 1. The fourth-order valence-electron chi connectivity index (χ4n) is 5.36. The van der Waals surface area contributed by atoms with Crippen LogP contribution in [0, 0.1) is 23.7 Å². The van der Waals surface area contributed by atoms with Crippen LogP contribution in [0.15, 0.2) is 24.3 Å². The zero-order chi connectivity index (χ0) is 11.9. The van der Waals surface area contributed by atoms with Crippen molar-refractivity contribution < 1.29 is 4.74 Å². The first-order chi connectivity index (χ1) is 8.84. The Morgan fingerprint density at radius 1 is 1.06 bits per heavy atom. The van der Waals surface area contributed by atoms with Crippen molar-refractivity contribution in [1.29, 1.82) is 0 Å². The Morgan fingerprint density at radius 3 is 2.83 bits per heavy atom. The smallest absolute Gasteiger partial charge is 0.0866 e. The summed E-state index contributed by atoms with van der Waals surface area (Å²) < 4.78 is 6.48. The first-order valence-corrected chi connectivity index (χ1v) is 8.13. The van der Waals surface area contributed by atoms with Crippen LogP contribution in [-0.2, 0) is 11.2 Å². The van der Waals surface area contributed by atoms with Gasteiger partial charge in [0.1, 0.15) is 0 Å². The van der Waals surface area contributed by atoms with E-state index in [1.54, 1.807) is 5.56 Å². The lowest BCUT2D eigenvalue weighted by Crippen LogP contribution is -2.52. The number of hydrogen-bond donors (Lipinski definition) is 0. The Balaban J connectivity index is 1.70. The summed E-state index contributed by atoms with van der Waals surface area (Å²) in [4.78, 5) is 0.608. The summed E-state index contributed by atoms with van der Waals surface area (Å²) in [7, 11) is 0. The van der Waals surface area contributed by atoms with Gasteiger partial charge in [0.25, 0.3) is 0 Å². The van der Waals surface area contributed by atoms with Gasteiger partial charge in [-0.05, 0) is 54.1 Å². The van der Waals surface area contributed by atoms with E-state index in [2.05, 4.69) is 40.2 Å². The molecule has 94 valence electrons. The van der Waals surface area contributed by atoms with Crippen molar-refractivity contribution in [1.82, 2.24) is 0 Å². The molecule has 1 saturated heterocycles. The molecule has 0 aromatic heterocycles. The standard InChI is InChI=1S/C16H17BrO/c17-14-10-5-6-11-13-12(10)7-8-3-1-2-4-9(8)15(13)18-16(11)14/h1-4,10-16H,5-7H2. The molecule has 18 heavy (non-hydrogen) atoms. The highest BCUT2D eigenvalue weighted by Gasteiger charge is 2.62. The van der Waals surface area contributed by atoms with Crippen molar-refractivity contribution in [3.63, 3.8) is 0 Å². The summed E-state index contributed by atoms with van der Waals surface area (Å²) >= 11 is 3.95. The van der Waals surface area contributed by atoms with Gasteiger partial charge in [-0.3, -0.25) is 0 Å². The van der Waals surface area contributed by atoms with Gasteiger partial charge in [-0.15, -0.1) is 0 Å². The summed E-state index contributed by atoms with van der Waals surface area (Å²) in [6, 6.07) is 8.98. The van der Waals surface area contributed by atoms with Crippen molar-refractivity contribution in [3.05, 3.63) is 35.4 Å². The number of alkyl halides is 1. The van der Waals surface area contributed by atoms with E-state index < -0.39 is 0 Å². The quantitative estimate of drug-likeness (QED) is 0.664. The average Bonchev–Trinajstić information content (AvgIpc) is 2.78. The lowest BCUT2D eigenvalue weighted by Gasteiger charge is -2.51. The summed E-state index contributed by atoms with van der Waals surface area (Å²) in [5.41, 5.74) is 3.05. The maximum absolute atomic E-state index is 6.48. The van der Waals surface area contributed by atoms with E-state index in [0.717, 1.165) is 23.7 Å². The molecule has 0 N–H and O–H groups in total. The Morgan fingerprint density at radius 2 is 1.89 bits per heavy atom. The Labute approximate surface area is 116 Å². The van der Waals surface area contributed by atoms with Crippen LogP contribution in [0.4, 0.5) is 0 Å². The van der Waals surface area contributed by atoms with Crippen molar-refractivity contribution >= 4 is 15.9 Å². The summed E-state index contributed by atoms with van der Waals surface area (Å²) in [5.74, 6) is 3.36. The Bertz CT molecular complexity index is 512. The van der Waals surface area contributed by atoms with Gasteiger partial charge in [0.15, 0.2) is 0 Å². The van der Waals surface area contributed by atoms with Gasteiger partial charge >= 0.3 is 0 Å². The van der Waals surface area contributed by atoms with Gasteiger partial charge in [-0.2, -0.15) is 0 Å². The minimum absolute atomic E-state index is 0.403. The lowest BCUT2D eigenvalue weighted by atomic mass is 9.54. The van der Waals surface area contributed by atoms with Crippen molar-refractivity contribution in [2.45, 2.75) is 36.3 Å². The van der Waals surface area contributed by atoms with E-state index in [0.29, 0.717) is 17.0 Å². The number of halogens is 1. The summed E-state index contributed by atoms with van der Waals surface area (Å²) in [5, 5.41) is 0. The highest BCUT2D eigenvalue weighted by molar-refractivity contribution is 9.09. The van der Waals surface area contributed by atoms with Crippen molar-refractivity contribution in [2.24, 2.45) is 23.7 Å². The summed E-state index contributed by atoms with van der Waals surface area (Å²) in [6.07, 6.45) is 4.99. The molecule has 4 fully saturated rings. The predicted octanol–water partition coefficient (Wildman–Crippen LogP) is 3.72. The van der Waals surface area contributed by atoms with Gasteiger partial charge in [-0.1, -0.05) is 40.2 Å². The van der Waals surface area contributed by atoms with Gasteiger partial charge in [0.05, 0.1) is 12.2 Å². The first-order valence-electron chi connectivity index (χ1n) is 7.22. The molecule has 1 aromatic carbocycles. The van der Waals surface area contributed by atoms with Crippen molar-refractivity contribution in [3.8, 4) is 0 Å². The van der Waals surface area contributed by atoms with Gasteiger partial charge in [-0.25, -0.2) is 0 Å².